The number of carbonyl (C=O) groups excluding carboxylic acids is 1. The van der Waals surface area contributed by atoms with Crippen LogP contribution in [0, 0.1) is 11.3 Å². The molecule has 32 heavy (non-hydrogen) atoms. The van der Waals surface area contributed by atoms with E-state index < -0.39 is 11.6 Å². The number of nitriles is 1. The van der Waals surface area contributed by atoms with Gasteiger partial charge < -0.3 is 13.9 Å². The molecule has 0 saturated heterocycles. The van der Waals surface area contributed by atoms with Crippen LogP contribution in [-0.4, -0.2) is 13.1 Å². The number of methoxy groups -OCH3 is 1. The second-order valence-electron chi connectivity index (χ2n) is 6.82. The fraction of sp³-hybridized carbons (Fsp3) is 0.0385. The van der Waals surface area contributed by atoms with Crippen LogP contribution in [0.1, 0.15) is 21.5 Å². The Morgan fingerprint density at radius 2 is 1.72 bits per heavy atom. The van der Waals surface area contributed by atoms with Gasteiger partial charge in [-0.25, -0.2) is 9.59 Å². The number of fused-ring (bicyclic) bond motifs is 1. The molecular formula is C26H17NO5. The summed E-state index contributed by atoms with van der Waals surface area (Å²) in [6, 6.07) is 24.7. The summed E-state index contributed by atoms with van der Waals surface area (Å²) in [5.41, 5.74) is 1.33. The zero-order chi connectivity index (χ0) is 22.5. The molecule has 3 aromatic carbocycles. The fourth-order valence-electron chi connectivity index (χ4n) is 3.18. The summed E-state index contributed by atoms with van der Waals surface area (Å²) in [4.78, 5) is 24.9. The second-order valence-corrected chi connectivity index (χ2v) is 6.82. The van der Waals surface area contributed by atoms with Crippen LogP contribution in [0.3, 0.4) is 0 Å². The Hall–Kier alpha value is -4.63. The summed E-state index contributed by atoms with van der Waals surface area (Å²) in [6.45, 7) is 0. The van der Waals surface area contributed by atoms with Gasteiger partial charge in [-0.05, 0) is 41.5 Å². The average molecular weight is 423 g/mol. The smallest absolute Gasteiger partial charge is 0.351 e. The predicted octanol–water partition coefficient (Wildman–Crippen LogP) is 5.08. The number of allylic oxidation sites excluding steroid dienone is 1. The van der Waals surface area contributed by atoms with Gasteiger partial charge in [0.1, 0.15) is 11.1 Å². The van der Waals surface area contributed by atoms with Gasteiger partial charge in [0, 0.05) is 5.39 Å². The lowest BCUT2D eigenvalue weighted by Crippen LogP contribution is -2.19. The SMILES string of the molecule is COc1cc(C=C(C#N)c2ccccc2)ccc1OC(=O)c1cc2ccccc2oc1=O. The van der Waals surface area contributed by atoms with Crippen LogP contribution in [0.5, 0.6) is 11.5 Å². The predicted molar refractivity (Wildman–Crippen MR) is 120 cm³/mol. The summed E-state index contributed by atoms with van der Waals surface area (Å²) in [6.07, 6.45) is 1.71. The van der Waals surface area contributed by atoms with Gasteiger partial charge in [-0.2, -0.15) is 5.26 Å². The quantitative estimate of drug-likeness (QED) is 0.146. The Bertz CT molecular complexity index is 1430. The summed E-state index contributed by atoms with van der Waals surface area (Å²) >= 11 is 0. The minimum atomic E-state index is -0.854. The third-order valence-electron chi connectivity index (χ3n) is 4.77. The van der Waals surface area contributed by atoms with E-state index in [1.54, 1.807) is 48.5 Å². The molecule has 4 rings (SSSR count). The van der Waals surface area contributed by atoms with Crippen molar-refractivity contribution in [2.45, 2.75) is 0 Å². The van der Waals surface area contributed by atoms with Crippen LogP contribution in [0.4, 0.5) is 0 Å². The molecule has 1 heterocycles. The van der Waals surface area contributed by atoms with Crippen LogP contribution in [0.15, 0.2) is 88.1 Å². The van der Waals surface area contributed by atoms with Gasteiger partial charge in [0.2, 0.25) is 0 Å². The number of nitrogens with zero attached hydrogens (tertiary/aromatic N) is 1. The van der Waals surface area contributed by atoms with E-state index in [9.17, 15) is 14.9 Å². The van der Waals surface area contributed by atoms with E-state index >= 15 is 0 Å². The number of benzene rings is 3. The van der Waals surface area contributed by atoms with Crippen LogP contribution in [-0.2, 0) is 0 Å². The summed E-state index contributed by atoms with van der Waals surface area (Å²) in [5, 5.41) is 10.1. The third kappa shape index (κ3) is 4.27. The Kier molecular flexibility index (Phi) is 5.82. The molecule has 0 atom stereocenters. The minimum Gasteiger partial charge on any atom is -0.493 e. The highest BCUT2D eigenvalue weighted by Crippen LogP contribution is 2.30. The molecule has 0 aliphatic rings. The van der Waals surface area contributed by atoms with Gasteiger partial charge in [0.25, 0.3) is 0 Å². The Labute approximate surface area is 183 Å². The minimum absolute atomic E-state index is 0.139. The molecule has 0 fully saturated rings. The van der Waals surface area contributed by atoms with Gasteiger partial charge >= 0.3 is 11.6 Å². The van der Waals surface area contributed by atoms with E-state index in [1.165, 1.54) is 13.2 Å². The fourth-order valence-corrected chi connectivity index (χ4v) is 3.18. The summed E-state index contributed by atoms with van der Waals surface area (Å²) < 4.78 is 16.0. The van der Waals surface area contributed by atoms with Crippen molar-refractivity contribution < 1.29 is 18.7 Å². The molecule has 6 heteroatoms. The molecule has 0 spiro atoms. The number of esters is 1. The largest absolute Gasteiger partial charge is 0.493 e. The van der Waals surface area contributed by atoms with Crippen LogP contribution in [0.2, 0.25) is 0 Å². The van der Waals surface area contributed by atoms with Crippen LogP contribution >= 0.6 is 0 Å². The van der Waals surface area contributed by atoms with Gasteiger partial charge in [0.15, 0.2) is 11.5 Å². The maximum absolute atomic E-state index is 12.6. The van der Waals surface area contributed by atoms with E-state index in [-0.39, 0.29) is 17.1 Å². The zero-order valence-corrected chi connectivity index (χ0v) is 17.1. The highest BCUT2D eigenvalue weighted by atomic mass is 16.6. The number of hydrogen-bond donors (Lipinski definition) is 0. The van der Waals surface area contributed by atoms with Crippen molar-refractivity contribution in [1.29, 1.82) is 5.26 Å². The van der Waals surface area contributed by atoms with Gasteiger partial charge in [-0.3, -0.25) is 0 Å². The molecule has 0 bridgehead atoms. The van der Waals surface area contributed by atoms with Crippen molar-refractivity contribution in [3.63, 3.8) is 0 Å². The molecule has 4 aromatic rings. The Morgan fingerprint density at radius 1 is 0.969 bits per heavy atom. The highest BCUT2D eigenvalue weighted by Gasteiger charge is 2.18. The van der Waals surface area contributed by atoms with Crippen molar-refractivity contribution in [3.05, 3.63) is 106 Å². The first-order valence-corrected chi connectivity index (χ1v) is 9.69. The molecule has 0 amide bonds. The number of hydrogen-bond acceptors (Lipinski definition) is 6. The molecule has 0 saturated carbocycles. The highest BCUT2D eigenvalue weighted by molar-refractivity contribution is 5.94. The van der Waals surface area contributed by atoms with E-state index in [0.29, 0.717) is 22.1 Å². The van der Waals surface area contributed by atoms with Crippen molar-refractivity contribution >= 4 is 28.6 Å². The van der Waals surface area contributed by atoms with Crippen molar-refractivity contribution in [2.75, 3.05) is 7.11 Å². The maximum Gasteiger partial charge on any atom is 0.351 e. The first kappa shape index (κ1) is 20.6. The monoisotopic (exact) mass is 423 g/mol. The maximum atomic E-state index is 12.6. The van der Waals surface area contributed by atoms with Gasteiger partial charge in [0.05, 0.1) is 18.8 Å². The van der Waals surface area contributed by atoms with Gasteiger partial charge in [-0.1, -0.05) is 54.6 Å². The van der Waals surface area contributed by atoms with Crippen LogP contribution in [0.25, 0.3) is 22.6 Å². The summed E-state index contributed by atoms with van der Waals surface area (Å²) in [7, 11) is 1.44. The zero-order valence-electron chi connectivity index (χ0n) is 17.1. The summed E-state index contributed by atoms with van der Waals surface area (Å²) in [5.74, 6) is -0.434. The lowest BCUT2D eigenvalue weighted by Gasteiger charge is -2.10. The van der Waals surface area contributed by atoms with Crippen molar-refractivity contribution in [1.82, 2.24) is 0 Å². The van der Waals surface area contributed by atoms with E-state index in [2.05, 4.69) is 6.07 Å². The Morgan fingerprint density at radius 3 is 2.47 bits per heavy atom. The molecule has 156 valence electrons. The first-order chi connectivity index (χ1) is 15.6. The van der Waals surface area contributed by atoms with E-state index in [0.717, 1.165) is 5.56 Å². The molecule has 0 radical (unpaired) electrons. The standard InChI is InChI=1S/C26H17NO5/c1-30-24-14-17(13-20(16-27)18-7-3-2-4-8-18)11-12-23(24)32-26(29)21-15-19-9-5-6-10-22(19)31-25(21)28/h2-15H,1H3. The third-order valence-corrected chi connectivity index (χ3v) is 4.77. The molecule has 6 nitrogen and oxygen atoms in total. The number of ether oxygens (including phenoxy) is 2. The van der Waals surface area contributed by atoms with Gasteiger partial charge in [-0.15, -0.1) is 0 Å². The molecule has 0 N–H and O–H groups in total. The van der Waals surface area contributed by atoms with E-state index in [4.69, 9.17) is 13.9 Å². The molecule has 0 aliphatic carbocycles. The topological polar surface area (TPSA) is 89.5 Å². The van der Waals surface area contributed by atoms with Crippen molar-refractivity contribution in [3.8, 4) is 17.6 Å². The molecular weight excluding hydrogens is 406 g/mol. The molecule has 1 aromatic heterocycles. The lowest BCUT2D eigenvalue weighted by atomic mass is 10.0. The first-order valence-electron chi connectivity index (χ1n) is 9.69. The number of para-hydroxylation sites is 1. The van der Waals surface area contributed by atoms with E-state index in [1.807, 2.05) is 30.3 Å². The normalized spacial score (nSPS) is 11.1. The lowest BCUT2D eigenvalue weighted by molar-refractivity contribution is 0.0725. The number of carbonyl (C=O) groups is 1. The van der Waals surface area contributed by atoms with Crippen LogP contribution < -0.4 is 15.1 Å². The Balaban J connectivity index is 1.63. The average Bonchev–Trinajstić information content (AvgIpc) is 2.83. The molecule has 0 unspecified atom stereocenters. The molecule has 0 aliphatic heterocycles. The van der Waals surface area contributed by atoms with Crippen molar-refractivity contribution in [2.24, 2.45) is 0 Å². The number of rotatable bonds is 5. The second kappa shape index (κ2) is 9.02.